The second-order valence-electron chi connectivity index (χ2n) is 5.50. The van der Waals surface area contributed by atoms with Crippen LogP contribution >= 0.6 is 11.6 Å². The third-order valence-corrected chi connectivity index (χ3v) is 4.03. The van der Waals surface area contributed by atoms with E-state index >= 15 is 0 Å². The predicted octanol–water partition coefficient (Wildman–Crippen LogP) is 4.42. The molecule has 0 saturated heterocycles. The van der Waals surface area contributed by atoms with E-state index in [2.05, 4.69) is 10.4 Å². The summed E-state index contributed by atoms with van der Waals surface area (Å²) in [4.78, 5) is 12.4. The molecule has 0 aliphatic heterocycles. The molecule has 128 valence electrons. The number of carbonyl (C=O) groups excluding carboxylic acids is 1. The van der Waals surface area contributed by atoms with E-state index in [0.717, 1.165) is 18.2 Å². The van der Waals surface area contributed by atoms with Gasteiger partial charge in [0.2, 0.25) is 0 Å². The number of rotatable bonds is 4. The Morgan fingerprint density at radius 1 is 1.24 bits per heavy atom. The molecule has 2 aromatic carbocycles. The Kier molecular flexibility index (Phi) is 4.81. The molecule has 3 rings (SSSR count). The van der Waals surface area contributed by atoms with Crippen molar-refractivity contribution in [3.8, 4) is 0 Å². The van der Waals surface area contributed by atoms with Crippen molar-refractivity contribution in [2.24, 2.45) is 0 Å². The van der Waals surface area contributed by atoms with Gasteiger partial charge in [-0.2, -0.15) is 5.10 Å². The van der Waals surface area contributed by atoms with Crippen LogP contribution < -0.4 is 5.32 Å². The number of amides is 1. The Morgan fingerprint density at radius 3 is 2.76 bits per heavy atom. The summed E-state index contributed by atoms with van der Waals surface area (Å²) in [6.07, 6.45) is 1.54. The molecule has 1 N–H and O–H groups in total. The van der Waals surface area contributed by atoms with Crippen LogP contribution in [0.25, 0.3) is 0 Å². The van der Waals surface area contributed by atoms with E-state index in [-0.39, 0.29) is 12.1 Å². The summed E-state index contributed by atoms with van der Waals surface area (Å²) in [6, 6.07) is 9.85. The first kappa shape index (κ1) is 17.1. The van der Waals surface area contributed by atoms with E-state index in [4.69, 9.17) is 11.6 Å². The molecule has 0 bridgehead atoms. The standard InChI is InChI=1S/C18H14ClF2N3O/c1-11-9-22-24(10-12-8-13(20)6-7-16(12)21)17(11)23-18(25)14-4-2-3-5-15(14)19/h2-9H,10H2,1H3,(H,23,25). The second kappa shape index (κ2) is 7.03. The molecule has 0 atom stereocenters. The average Bonchev–Trinajstić information content (AvgIpc) is 2.92. The Morgan fingerprint density at radius 2 is 2.00 bits per heavy atom. The number of carbonyl (C=O) groups is 1. The first-order valence-corrected chi connectivity index (χ1v) is 7.85. The van der Waals surface area contributed by atoms with E-state index in [1.165, 1.54) is 4.68 Å². The number of hydrogen-bond acceptors (Lipinski definition) is 2. The van der Waals surface area contributed by atoms with E-state index < -0.39 is 17.5 Å². The van der Waals surface area contributed by atoms with Crippen LogP contribution in [0.3, 0.4) is 0 Å². The Balaban J connectivity index is 1.88. The SMILES string of the molecule is Cc1cnn(Cc2cc(F)ccc2F)c1NC(=O)c1ccccc1Cl. The normalized spacial score (nSPS) is 10.7. The van der Waals surface area contributed by atoms with Crippen molar-refractivity contribution in [2.45, 2.75) is 13.5 Å². The maximum Gasteiger partial charge on any atom is 0.258 e. The molecule has 0 unspecified atom stereocenters. The van der Waals surface area contributed by atoms with Crippen LogP contribution in [-0.4, -0.2) is 15.7 Å². The van der Waals surface area contributed by atoms with Gasteiger partial charge in [-0.3, -0.25) is 4.79 Å². The molecular formula is C18H14ClF2N3O. The molecule has 1 amide bonds. The van der Waals surface area contributed by atoms with Gasteiger partial charge in [-0.15, -0.1) is 0 Å². The lowest BCUT2D eigenvalue weighted by molar-refractivity contribution is 0.102. The molecule has 0 radical (unpaired) electrons. The number of nitrogens with zero attached hydrogens (tertiary/aromatic N) is 2. The summed E-state index contributed by atoms with van der Waals surface area (Å²) in [5.74, 6) is -1.09. The van der Waals surface area contributed by atoms with Gasteiger partial charge in [0.05, 0.1) is 23.3 Å². The van der Waals surface area contributed by atoms with Crippen molar-refractivity contribution in [2.75, 3.05) is 5.32 Å². The number of aryl methyl sites for hydroxylation is 1. The van der Waals surface area contributed by atoms with Crippen LogP contribution in [-0.2, 0) is 6.54 Å². The third-order valence-electron chi connectivity index (χ3n) is 3.70. The molecule has 4 nitrogen and oxygen atoms in total. The van der Waals surface area contributed by atoms with Gasteiger partial charge >= 0.3 is 0 Å². The first-order valence-electron chi connectivity index (χ1n) is 7.48. The minimum Gasteiger partial charge on any atom is -0.306 e. The van der Waals surface area contributed by atoms with E-state index in [1.54, 1.807) is 37.4 Å². The highest BCUT2D eigenvalue weighted by Gasteiger charge is 2.16. The number of anilines is 1. The highest BCUT2D eigenvalue weighted by molar-refractivity contribution is 6.34. The highest BCUT2D eigenvalue weighted by atomic mass is 35.5. The van der Waals surface area contributed by atoms with Crippen molar-refractivity contribution in [3.05, 3.63) is 82.0 Å². The van der Waals surface area contributed by atoms with E-state index in [1.807, 2.05) is 0 Å². The van der Waals surface area contributed by atoms with Gasteiger partial charge in [0.1, 0.15) is 17.5 Å². The molecule has 0 aliphatic carbocycles. The Hall–Kier alpha value is -2.73. The summed E-state index contributed by atoms with van der Waals surface area (Å²) in [5, 5.41) is 7.18. The predicted molar refractivity (Wildman–Crippen MR) is 91.8 cm³/mol. The molecule has 25 heavy (non-hydrogen) atoms. The first-order chi connectivity index (χ1) is 12.0. The van der Waals surface area contributed by atoms with Crippen molar-refractivity contribution in [3.63, 3.8) is 0 Å². The molecular weight excluding hydrogens is 348 g/mol. The lowest BCUT2D eigenvalue weighted by Crippen LogP contribution is -2.17. The zero-order valence-corrected chi connectivity index (χ0v) is 14.0. The lowest BCUT2D eigenvalue weighted by Gasteiger charge is -2.11. The summed E-state index contributed by atoms with van der Waals surface area (Å²) < 4.78 is 28.6. The Bertz CT molecular complexity index is 940. The molecule has 1 aromatic heterocycles. The van der Waals surface area contributed by atoms with E-state index in [0.29, 0.717) is 22.0 Å². The summed E-state index contributed by atoms with van der Waals surface area (Å²) in [5.41, 5.74) is 1.14. The van der Waals surface area contributed by atoms with Crippen LogP contribution in [0, 0.1) is 18.6 Å². The summed E-state index contributed by atoms with van der Waals surface area (Å²) >= 11 is 6.03. The largest absolute Gasteiger partial charge is 0.306 e. The molecule has 0 fully saturated rings. The molecule has 0 aliphatic rings. The van der Waals surface area contributed by atoms with Gasteiger partial charge < -0.3 is 5.32 Å². The maximum atomic E-state index is 13.9. The number of aromatic nitrogens is 2. The smallest absolute Gasteiger partial charge is 0.258 e. The topological polar surface area (TPSA) is 46.9 Å². The van der Waals surface area contributed by atoms with Crippen molar-refractivity contribution >= 4 is 23.3 Å². The number of hydrogen-bond donors (Lipinski definition) is 1. The highest BCUT2D eigenvalue weighted by Crippen LogP contribution is 2.21. The van der Waals surface area contributed by atoms with Crippen molar-refractivity contribution in [1.29, 1.82) is 0 Å². The third kappa shape index (κ3) is 3.69. The lowest BCUT2D eigenvalue weighted by atomic mass is 10.2. The minimum absolute atomic E-state index is 0.0183. The quantitative estimate of drug-likeness (QED) is 0.747. The number of nitrogens with one attached hydrogen (secondary N) is 1. The van der Waals surface area contributed by atoms with Crippen molar-refractivity contribution < 1.29 is 13.6 Å². The number of benzene rings is 2. The van der Waals surface area contributed by atoms with Crippen LogP contribution in [0.1, 0.15) is 21.5 Å². The Labute approximate surface area is 148 Å². The van der Waals surface area contributed by atoms with Crippen molar-refractivity contribution in [1.82, 2.24) is 9.78 Å². The molecule has 1 heterocycles. The molecule has 7 heteroatoms. The molecule has 0 saturated carbocycles. The van der Waals surface area contributed by atoms with Crippen LogP contribution in [0.15, 0.2) is 48.7 Å². The number of halogens is 3. The fourth-order valence-electron chi connectivity index (χ4n) is 2.41. The van der Waals surface area contributed by atoms with Gasteiger partial charge in [0, 0.05) is 11.1 Å². The zero-order chi connectivity index (χ0) is 18.0. The summed E-state index contributed by atoms with van der Waals surface area (Å²) in [7, 11) is 0. The van der Waals surface area contributed by atoms with Gasteiger partial charge in [0.15, 0.2) is 0 Å². The average molecular weight is 362 g/mol. The van der Waals surface area contributed by atoms with Gasteiger partial charge in [0.25, 0.3) is 5.91 Å². The van der Waals surface area contributed by atoms with Crippen LogP contribution in [0.4, 0.5) is 14.6 Å². The van der Waals surface area contributed by atoms with Gasteiger partial charge in [-0.1, -0.05) is 23.7 Å². The van der Waals surface area contributed by atoms with Gasteiger partial charge in [-0.25, -0.2) is 13.5 Å². The van der Waals surface area contributed by atoms with E-state index in [9.17, 15) is 13.6 Å². The second-order valence-corrected chi connectivity index (χ2v) is 5.91. The fourth-order valence-corrected chi connectivity index (χ4v) is 2.63. The zero-order valence-electron chi connectivity index (χ0n) is 13.3. The monoisotopic (exact) mass is 361 g/mol. The summed E-state index contributed by atoms with van der Waals surface area (Å²) in [6.45, 7) is 1.74. The van der Waals surface area contributed by atoms with Crippen LogP contribution in [0.5, 0.6) is 0 Å². The molecule has 3 aromatic rings. The van der Waals surface area contributed by atoms with Crippen LogP contribution in [0.2, 0.25) is 5.02 Å². The fraction of sp³-hybridized carbons (Fsp3) is 0.111. The maximum absolute atomic E-state index is 13.9. The minimum atomic E-state index is -0.544. The molecule has 0 spiro atoms. The van der Waals surface area contributed by atoms with Gasteiger partial charge in [-0.05, 0) is 37.3 Å².